The van der Waals surface area contributed by atoms with E-state index in [2.05, 4.69) is 9.62 Å². The summed E-state index contributed by atoms with van der Waals surface area (Å²) in [5.74, 6) is -2.66. The Kier molecular flexibility index (Phi) is 6.63. The number of benzene rings is 1. The molecule has 0 unspecified atom stereocenters. The standard InChI is InChI=1S/C18H23N3O7S/c22-16(23)12-21-17(24)14-3-2-13(10-15(14)18(21)25)11-19-29(26,27)9-1-4-20-5-7-28-8-6-20/h2-3,10,19H,1,4-9,11-12H2,(H,22,23). The summed E-state index contributed by atoms with van der Waals surface area (Å²) in [6, 6.07) is 4.39. The number of carbonyl (C=O) groups is 3. The molecule has 0 radical (unpaired) electrons. The van der Waals surface area contributed by atoms with E-state index in [0.717, 1.165) is 13.1 Å². The number of imide groups is 1. The number of ether oxygens (including phenoxy) is 1. The summed E-state index contributed by atoms with van der Waals surface area (Å²) in [7, 11) is -3.49. The summed E-state index contributed by atoms with van der Waals surface area (Å²) in [6.07, 6.45) is 0.497. The third-order valence-corrected chi connectivity index (χ3v) is 6.23. The molecule has 1 saturated heterocycles. The normalized spacial score (nSPS) is 17.6. The number of nitrogens with zero attached hydrogens (tertiary/aromatic N) is 2. The Morgan fingerprint density at radius 3 is 2.52 bits per heavy atom. The highest BCUT2D eigenvalue weighted by Gasteiger charge is 2.36. The molecule has 3 rings (SSSR count). The van der Waals surface area contributed by atoms with Crippen LogP contribution in [-0.2, 0) is 26.1 Å². The van der Waals surface area contributed by atoms with Crippen molar-refractivity contribution in [1.29, 1.82) is 0 Å². The van der Waals surface area contributed by atoms with Crippen molar-refractivity contribution in [2.75, 3.05) is 45.1 Å². The van der Waals surface area contributed by atoms with Crippen LogP contribution in [0, 0.1) is 0 Å². The Morgan fingerprint density at radius 1 is 1.14 bits per heavy atom. The fraction of sp³-hybridized carbons (Fsp3) is 0.500. The van der Waals surface area contributed by atoms with Gasteiger partial charge in [-0.3, -0.25) is 24.2 Å². The molecule has 11 heteroatoms. The van der Waals surface area contributed by atoms with E-state index in [9.17, 15) is 22.8 Å². The number of fused-ring (bicyclic) bond motifs is 1. The number of hydrogen-bond acceptors (Lipinski definition) is 7. The molecule has 2 aliphatic heterocycles. The molecule has 1 aromatic rings. The lowest BCUT2D eigenvalue weighted by Gasteiger charge is -2.26. The first-order valence-corrected chi connectivity index (χ1v) is 10.9. The predicted octanol–water partition coefficient (Wildman–Crippen LogP) is -0.491. The molecule has 0 aliphatic carbocycles. The maximum atomic E-state index is 12.3. The number of carboxylic acid groups (broad SMARTS) is 1. The number of aliphatic carboxylic acids is 1. The van der Waals surface area contributed by atoms with Crippen molar-refractivity contribution in [3.05, 3.63) is 34.9 Å². The Morgan fingerprint density at radius 2 is 1.83 bits per heavy atom. The second kappa shape index (κ2) is 8.99. The molecule has 2 N–H and O–H groups in total. The predicted molar refractivity (Wildman–Crippen MR) is 102 cm³/mol. The molecule has 2 amide bonds. The van der Waals surface area contributed by atoms with Crippen LogP contribution in [0.5, 0.6) is 0 Å². The topological polar surface area (TPSA) is 133 Å². The summed E-state index contributed by atoms with van der Waals surface area (Å²) in [5, 5.41) is 8.84. The summed E-state index contributed by atoms with van der Waals surface area (Å²) in [6.45, 7) is 2.87. The van der Waals surface area contributed by atoms with Crippen molar-refractivity contribution in [2.24, 2.45) is 0 Å². The zero-order chi connectivity index (χ0) is 21.0. The fourth-order valence-electron chi connectivity index (χ4n) is 3.30. The molecule has 1 aromatic carbocycles. The Bertz CT molecular complexity index is 910. The van der Waals surface area contributed by atoms with Crippen LogP contribution in [0.2, 0.25) is 0 Å². The van der Waals surface area contributed by atoms with Crippen LogP contribution in [0.25, 0.3) is 0 Å². The minimum Gasteiger partial charge on any atom is -0.480 e. The molecular formula is C18H23N3O7S. The van der Waals surface area contributed by atoms with E-state index < -0.39 is 34.4 Å². The Hall–Kier alpha value is -2.34. The quantitative estimate of drug-likeness (QED) is 0.506. The molecule has 158 valence electrons. The van der Waals surface area contributed by atoms with Gasteiger partial charge in [0.25, 0.3) is 11.8 Å². The lowest BCUT2D eigenvalue weighted by Crippen LogP contribution is -2.38. The number of carbonyl (C=O) groups excluding carboxylic acids is 2. The number of morpholine rings is 1. The second-order valence-electron chi connectivity index (χ2n) is 6.92. The van der Waals surface area contributed by atoms with Gasteiger partial charge in [-0.15, -0.1) is 0 Å². The van der Waals surface area contributed by atoms with Gasteiger partial charge in [-0.1, -0.05) is 6.07 Å². The molecule has 10 nitrogen and oxygen atoms in total. The van der Waals surface area contributed by atoms with Gasteiger partial charge in [-0.2, -0.15) is 0 Å². The first-order valence-electron chi connectivity index (χ1n) is 9.25. The van der Waals surface area contributed by atoms with Crippen LogP contribution in [0.15, 0.2) is 18.2 Å². The smallest absolute Gasteiger partial charge is 0.323 e. The van der Waals surface area contributed by atoms with Crippen molar-refractivity contribution in [2.45, 2.75) is 13.0 Å². The summed E-state index contributed by atoms with van der Waals surface area (Å²) >= 11 is 0. The third kappa shape index (κ3) is 5.38. The summed E-state index contributed by atoms with van der Waals surface area (Å²) in [5.41, 5.74) is 0.715. The molecule has 0 aromatic heterocycles. The molecule has 2 aliphatic rings. The van der Waals surface area contributed by atoms with Gasteiger partial charge in [-0.25, -0.2) is 13.1 Å². The van der Waals surface area contributed by atoms with E-state index >= 15 is 0 Å². The zero-order valence-corrected chi connectivity index (χ0v) is 16.6. The first-order chi connectivity index (χ1) is 13.8. The number of amides is 2. The number of rotatable bonds is 9. The van der Waals surface area contributed by atoms with Crippen LogP contribution in [-0.4, -0.2) is 86.3 Å². The van der Waals surface area contributed by atoms with E-state index in [1.165, 1.54) is 12.1 Å². The van der Waals surface area contributed by atoms with Crippen molar-refractivity contribution < 1.29 is 32.6 Å². The van der Waals surface area contributed by atoms with Gasteiger partial charge in [0.05, 0.1) is 30.1 Å². The van der Waals surface area contributed by atoms with Gasteiger partial charge < -0.3 is 9.84 Å². The molecule has 0 spiro atoms. The van der Waals surface area contributed by atoms with Crippen LogP contribution < -0.4 is 4.72 Å². The highest BCUT2D eigenvalue weighted by atomic mass is 32.2. The molecule has 0 atom stereocenters. The van der Waals surface area contributed by atoms with Gasteiger partial charge in [0.15, 0.2) is 0 Å². The second-order valence-corrected chi connectivity index (χ2v) is 8.84. The molecule has 29 heavy (non-hydrogen) atoms. The number of nitrogens with one attached hydrogen (secondary N) is 1. The van der Waals surface area contributed by atoms with Crippen LogP contribution in [0.1, 0.15) is 32.7 Å². The van der Waals surface area contributed by atoms with Gasteiger partial charge >= 0.3 is 5.97 Å². The monoisotopic (exact) mass is 425 g/mol. The Balaban J connectivity index is 1.55. The van der Waals surface area contributed by atoms with E-state index in [0.29, 0.717) is 36.6 Å². The van der Waals surface area contributed by atoms with Gasteiger partial charge in [0.1, 0.15) is 6.54 Å². The number of sulfonamides is 1. The maximum Gasteiger partial charge on any atom is 0.323 e. The molecule has 0 saturated carbocycles. The number of hydrogen-bond donors (Lipinski definition) is 2. The van der Waals surface area contributed by atoms with E-state index in [4.69, 9.17) is 9.84 Å². The highest BCUT2D eigenvalue weighted by Crippen LogP contribution is 2.24. The van der Waals surface area contributed by atoms with Gasteiger partial charge in [0, 0.05) is 19.6 Å². The molecule has 0 bridgehead atoms. The molecule has 1 fully saturated rings. The third-order valence-electron chi connectivity index (χ3n) is 4.82. The fourth-order valence-corrected chi connectivity index (χ4v) is 4.34. The largest absolute Gasteiger partial charge is 0.480 e. The van der Waals surface area contributed by atoms with E-state index in [1.54, 1.807) is 6.07 Å². The molecular weight excluding hydrogens is 402 g/mol. The number of carboxylic acids is 1. The van der Waals surface area contributed by atoms with Crippen molar-refractivity contribution in [3.63, 3.8) is 0 Å². The zero-order valence-electron chi connectivity index (χ0n) is 15.8. The lowest BCUT2D eigenvalue weighted by atomic mass is 10.1. The van der Waals surface area contributed by atoms with Gasteiger partial charge in [0.2, 0.25) is 10.0 Å². The van der Waals surface area contributed by atoms with Crippen LogP contribution in [0.4, 0.5) is 0 Å². The van der Waals surface area contributed by atoms with Crippen LogP contribution >= 0.6 is 0 Å². The Labute approximate surface area is 168 Å². The lowest BCUT2D eigenvalue weighted by molar-refractivity contribution is -0.137. The average molecular weight is 425 g/mol. The first kappa shape index (κ1) is 21.4. The summed E-state index contributed by atoms with van der Waals surface area (Å²) in [4.78, 5) is 38.1. The minimum absolute atomic E-state index is 0.0148. The average Bonchev–Trinajstić information content (AvgIpc) is 2.91. The molecule has 2 heterocycles. The van der Waals surface area contributed by atoms with Crippen molar-refractivity contribution >= 4 is 27.8 Å². The maximum absolute atomic E-state index is 12.3. The van der Waals surface area contributed by atoms with E-state index in [1.807, 2.05) is 0 Å². The van der Waals surface area contributed by atoms with Crippen molar-refractivity contribution in [1.82, 2.24) is 14.5 Å². The van der Waals surface area contributed by atoms with E-state index in [-0.39, 0.29) is 23.4 Å². The van der Waals surface area contributed by atoms with Crippen molar-refractivity contribution in [3.8, 4) is 0 Å². The highest BCUT2D eigenvalue weighted by molar-refractivity contribution is 7.89. The van der Waals surface area contributed by atoms with Gasteiger partial charge in [-0.05, 0) is 30.7 Å². The summed E-state index contributed by atoms with van der Waals surface area (Å²) < 4.78 is 32.2. The minimum atomic E-state index is -3.49. The SMILES string of the molecule is O=C(O)CN1C(=O)c2ccc(CNS(=O)(=O)CCCN3CCOCC3)cc2C1=O. The van der Waals surface area contributed by atoms with Crippen LogP contribution in [0.3, 0.4) is 0 Å².